The summed E-state index contributed by atoms with van der Waals surface area (Å²) < 4.78 is 1.11. The zero-order chi connectivity index (χ0) is 18.5. The molecule has 1 aliphatic heterocycles. The first-order valence-electron chi connectivity index (χ1n) is 8.64. The van der Waals surface area contributed by atoms with Crippen molar-refractivity contribution in [2.75, 3.05) is 44.0 Å². The summed E-state index contributed by atoms with van der Waals surface area (Å²) in [5.74, 6) is 0.826. The van der Waals surface area contributed by atoms with Crippen molar-refractivity contribution in [1.29, 1.82) is 0 Å². The molecule has 0 saturated carbocycles. The molecule has 1 atom stereocenters. The second-order valence-electron chi connectivity index (χ2n) is 6.49. The monoisotopic (exact) mass is 436 g/mol. The summed E-state index contributed by atoms with van der Waals surface area (Å²) in [4.78, 5) is 13.4. The number of rotatable bonds is 5. The Morgan fingerprint density at radius 1 is 1.38 bits per heavy atom. The molecule has 1 aliphatic rings. The van der Waals surface area contributed by atoms with Gasteiger partial charge in [0.05, 0.1) is 12.2 Å². The summed E-state index contributed by atoms with van der Waals surface area (Å²) in [6, 6.07) is 8.88. The number of halogens is 1. The van der Waals surface area contributed by atoms with Crippen LogP contribution in [0.25, 0.3) is 0 Å². The van der Waals surface area contributed by atoms with Gasteiger partial charge in [0.2, 0.25) is 0 Å². The van der Waals surface area contributed by atoms with E-state index in [9.17, 15) is 0 Å². The van der Waals surface area contributed by atoms with E-state index in [-0.39, 0.29) is 0 Å². The SMILES string of the molecule is CN=C(NCc1csc(N(C)C)n1)NC1CCN(c2ccc(Br)cc2)C1. The van der Waals surface area contributed by atoms with E-state index in [1.165, 1.54) is 5.69 Å². The van der Waals surface area contributed by atoms with Crippen LogP contribution in [-0.4, -0.2) is 51.2 Å². The Balaban J connectivity index is 1.50. The van der Waals surface area contributed by atoms with Crippen molar-refractivity contribution in [3.63, 3.8) is 0 Å². The Kier molecular flexibility index (Phi) is 6.37. The highest BCUT2D eigenvalue weighted by molar-refractivity contribution is 9.10. The Morgan fingerprint density at radius 3 is 2.81 bits per heavy atom. The number of benzene rings is 1. The molecule has 3 rings (SSSR count). The predicted molar refractivity (Wildman–Crippen MR) is 115 cm³/mol. The second-order valence-corrected chi connectivity index (χ2v) is 8.25. The predicted octanol–water partition coefficient (Wildman–Crippen LogP) is 2.92. The summed E-state index contributed by atoms with van der Waals surface area (Å²) in [6.07, 6.45) is 1.10. The van der Waals surface area contributed by atoms with E-state index >= 15 is 0 Å². The Labute approximate surface area is 167 Å². The van der Waals surface area contributed by atoms with E-state index in [0.29, 0.717) is 12.6 Å². The van der Waals surface area contributed by atoms with Gasteiger partial charge in [-0.05, 0) is 30.7 Å². The third kappa shape index (κ3) is 4.88. The van der Waals surface area contributed by atoms with Crippen molar-refractivity contribution in [1.82, 2.24) is 15.6 Å². The van der Waals surface area contributed by atoms with Crippen molar-refractivity contribution >= 4 is 44.0 Å². The fourth-order valence-corrected chi connectivity index (χ4v) is 3.93. The summed E-state index contributed by atoms with van der Waals surface area (Å²) >= 11 is 5.15. The molecule has 1 fully saturated rings. The van der Waals surface area contributed by atoms with Gasteiger partial charge in [0, 0.05) is 55.8 Å². The van der Waals surface area contributed by atoms with Crippen molar-refractivity contribution in [2.45, 2.75) is 19.0 Å². The topological polar surface area (TPSA) is 55.8 Å². The number of aliphatic imine (C=N–C) groups is 1. The van der Waals surface area contributed by atoms with Crippen LogP contribution in [0.2, 0.25) is 0 Å². The van der Waals surface area contributed by atoms with Gasteiger partial charge in [-0.2, -0.15) is 0 Å². The largest absolute Gasteiger partial charge is 0.369 e. The van der Waals surface area contributed by atoms with E-state index < -0.39 is 0 Å². The normalized spacial score (nSPS) is 17.5. The Bertz CT molecular complexity index is 742. The Morgan fingerprint density at radius 2 is 2.15 bits per heavy atom. The molecule has 6 nitrogen and oxygen atoms in total. The highest BCUT2D eigenvalue weighted by Crippen LogP contribution is 2.22. The smallest absolute Gasteiger partial charge is 0.191 e. The van der Waals surface area contributed by atoms with Crippen LogP contribution in [0.15, 0.2) is 39.1 Å². The molecule has 1 saturated heterocycles. The zero-order valence-corrected chi connectivity index (χ0v) is 17.8. The highest BCUT2D eigenvalue weighted by Gasteiger charge is 2.23. The number of aromatic nitrogens is 1. The summed E-state index contributed by atoms with van der Waals surface area (Å²) in [5.41, 5.74) is 2.30. The number of hydrogen-bond donors (Lipinski definition) is 2. The molecule has 140 valence electrons. The lowest BCUT2D eigenvalue weighted by atomic mass is 10.3. The number of hydrogen-bond acceptors (Lipinski definition) is 5. The minimum Gasteiger partial charge on any atom is -0.369 e. The number of nitrogens with one attached hydrogen (secondary N) is 2. The van der Waals surface area contributed by atoms with Crippen LogP contribution < -0.4 is 20.4 Å². The third-order valence-corrected chi connectivity index (χ3v) is 5.89. The average molecular weight is 437 g/mol. The van der Waals surface area contributed by atoms with Gasteiger partial charge in [0.25, 0.3) is 0 Å². The van der Waals surface area contributed by atoms with Gasteiger partial charge in [-0.3, -0.25) is 4.99 Å². The van der Waals surface area contributed by atoms with E-state index in [0.717, 1.165) is 40.8 Å². The van der Waals surface area contributed by atoms with Crippen molar-refractivity contribution < 1.29 is 0 Å². The fraction of sp³-hybridized carbons (Fsp3) is 0.444. The summed E-state index contributed by atoms with van der Waals surface area (Å²) in [7, 11) is 5.82. The van der Waals surface area contributed by atoms with Crippen LogP contribution in [0.1, 0.15) is 12.1 Å². The first-order valence-corrected chi connectivity index (χ1v) is 10.3. The van der Waals surface area contributed by atoms with Crippen molar-refractivity contribution in [2.24, 2.45) is 4.99 Å². The second kappa shape index (κ2) is 8.73. The van der Waals surface area contributed by atoms with Gasteiger partial charge in [-0.25, -0.2) is 4.98 Å². The molecule has 0 bridgehead atoms. The fourth-order valence-electron chi connectivity index (χ4n) is 2.91. The lowest BCUT2D eigenvalue weighted by molar-refractivity contribution is 0.647. The minimum atomic E-state index is 0.387. The summed E-state index contributed by atoms with van der Waals surface area (Å²) in [6.45, 7) is 2.70. The average Bonchev–Trinajstić information content (AvgIpc) is 3.29. The van der Waals surface area contributed by atoms with E-state index in [2.05, 4.69) is 71.1 Å². The standard InChI is InChI=1S/C18H25BrN6S/c1-20-17(21-10-15-12-26-18(23-15)24(2)3)22-14-8-9-25(11-14)16-6-4-13(19)5-7-16/h4-7,12,14H,8-11H2,1-3H3,(H2,20,21,22). The van der Waals surface area contributed by atoms with Crippen LogP contribution in [0.4, 0.5) is 10.8 Å². The lowest BCUT2D eigenvalue weighted by Gasteiger charge is -2.20. The molecule has 0 aliphatic carbocycles. The summed E-state index contributed by atoms with van der Waals surface area (Å²) in [5, 5.41) is 10.00. The number of thiazole rings is 1. The van der Waals surface area contributed by atoms with Crippen LogP contribution in [-0.2, 0) is 6.54 Å². The molecule has 8 heteroatoms. The highest BCUT2D eigenvalue weighted by atomic mass is 79.9. The Hall–Kier alpha value is -1.80. The van der Waals surface area contributed by atoms with E-state index in [1.54, 1.807) is 11.3 Å². The molecule has 0 amide bonds. The molecule has 0 spiro atoms. The third-order valence-electron chi connectivity index (χ3n) is 4.30. The molecule has 2 heterocycles. The number of anilines is 2. The molecule has 0 radical (unpaired) electrons. The van der Waals surface area contributed by atoms with Crippen LogP contribution in [0, 0.1) is 0 Å². The maximum absolute atomic E-state index is 4.59. The van der Waals surface area contributed by atoms with Crippen LogP contribution in [0.5, 0.6) is 0 Å². The molecule has 2 aromatic rings. The maximum Gasteiger partial charge on any atom is 0.191 e. The molecular formula is C18H25BrN6S. The molecule has 1 aromatic heterocycles. The van der Waals surface area contributed by atoms with Gasteiger partial charge < -0.3 is 20.4 Å². The van der Waals surface area contributed by atoms with Gasteiger partial charge in [0.15, 0.2) is 11.1 Å². The maximum atomic E-state index is 4.59. The first-order chi connectivity index (χ1) is 12.5. The minimum absolute atomic E-state index is 0.387. The van der Waals surface area contributed by atoms with E-state index in [4.69, 9.17) is 0 Å². The van der Waals surface area contributed by atoms with Crippen molar-refractivity contribution in [3.05, 3.63) is 39.8 Å². The lowest BCUT2D eigenvalue weighted by Crippen LogP contribution is -2.44. The van der Waals surface area contributed by atoms with Gasteiger partial charge >= 0.3 is 0 Å². The van der Waals surface area contributed by atoms with Gasteiger partial charge in [0.1, 0.15) is 0 Å². The van der Waals surface area contributed by atoms with Crippen LogP contribution >= 0.6 is 27.3 Å². The molecule has 1 unspecified atom stereocenters. The van der Waals surface area contributed by atoms with Gasteiger partial charge in [-0.1, -0.05) is 15.9 Å². The number of guanidine groups is 1. The molecule has 2 N–H and O–H groups in total. The first kappa shape index (κ1) is 19.0. The van der Waals surface area contributed by atoms with Gasteiger partial charge in [-0.15, -0.1) is 11.3 Å². The van der Waals surface area contributed by atoms with Crippen LogP contribution in [0.3, 0.4) is 0 Å². The quantitative estimate of drug-likeness (QED) is 0.557. The number of nitrogens with zero attached hydrogens (tertiary/aromatic N) is 4. The molecular weight excluding hydrogens is 412 g/mol. The zero-order valence-electron chi connectivity index (χ0n) is 15.4. The molecule has 1 aromatic carbocycles. The van der Waals surface area contributed by atoms with Crippen molar-refractivity contribution in [3.8, 4) is 0 Å². The van der Waals surface area contributed by atoms with E-state index in [1.807, 2.05) is 26.0 Å². The molecule has 26 heavy (non-hydrogen) atoms.